The van der Waals surface area contributed by atoms with E-state index in [1.807, 2.05) is 24.3 Å². The van der Waals surface area contributed by atoms with E-state index < -0.39 is 0 Å². The third-order valence-electron chi connectivity index (χ3n) is 5.30. The molecular weight excluding hydrogens is 540 g/mol. The molecule has 0 aliphatic carbocycles. The molecule has 2 aromatic rings. The number of benzene rings is 2. The van der Waals surface area contributed by atoms with Crippen molar-refractivity contribution in [2.45, 2.75) is 25.7 Å². The zero-order chi connectivity index (χ0) is 21.0. The smallest absolute Gasteiger partial charge is 0.371 e. The van der Waals surface area contributed by atoms with Gasteiger partial charge in [-0.25, -0.2) is 4.39 Å². The van der Waals surface area contributed by atoms with Crippen molar-refractivity contribution < 1.29 is 60.8 Å². The fraction of sp³-hybridized carbons (Fsp3) is 0.417. The second kappa shape index (κ2) is 15.1. The summed E-state index contributed by atoms with van der Waals surface area (Å²) in [7, 11) is 0. The fourth-order valence-corrected chi connectivity index (χ4v) is 3.48. The van der Waals surface area contributed by atoms with E-state index in [0.717, 1.165) is 6.42 Å². The zero-order valence-corrected chi connectivity index (χ0v) is 19.0. The van der Waals surface area contributed by atoms with Crippen LogP contribution in [0.2, 0.25) is 0 Å². The number of nitrogens with two attached hydrogens (primary N) is 1. The molecule has 2 N–H and O–H groups in total. The Morgan fingerprint density at radius 3 is 2.10 bits per heavy atom. The van der Waals surface area contributed by atoms with Crippen LogP contribution >= 0.6 is 0 Å². The molecule has 3 fully saturated rings. The first kappa shape index (κ1) is 27.3. The van der Waals surface area contributed by atoms with E-state index in [1.165, 1.54) is 56.6 Å². The van der Waals surface area contributed by atoms with Crippen molar-refractivity contribution in [2.75, 3.05) is 32.8 Å². The van der Waals surface area contributed by atoms with Crippen molar-refractivity contribution in [3.63, 3.8) is 0 Å². The van der Waals surface area contributed by atoms with Gasteiger partial charge in [0.15, 0.2) is 0 Å². The van der Waals surface area contributed by atoms with Gasteiger partial charge >= 0.3 is 46.9 Å². The molecule has 1 amide bonds. The second-order valence-corrected chi connectivity index (χ2v) is 7.48. The van der Waals surface area contributed by atoms with E-state index >= 15 is 0 Å². The Labute approximate surface area is 218 Å². The molecule has 0 radical (unpaired) electrons. The second-order valence-electron chi connectivity index (χ2n) is 7.48. The molecule has 0 unspecified atom stereocenters. The number of carbonyl (C=O) groups excluding carboxylic acids is 1. The van der Waals surface area contributed by atoms with E-state index in [2.05, 4.69) is 17.9 Å². The van der Waals surface area contributed by atoms with Crippen molar-refractivity contribution in [3.05, 3.63) is 79.0 Å². The van der Waals surface area contributed by atoms with Crippen LogP contribution in [0.25, 0.3) is 0 Å². The average Bonchev–Trinajstić information content (AvgIpc) is 2.77. The normalized spacial score (nSPS) is 21.2. The summed E-state index contributed by atoms with van der Waals surface area (Å²) >= 11 is 0. The van der Waals surface area contributed by atoms with Crippen LogP contribution in [0.15, 0.2) is 54.6 Å². The van der Waals surface area contributed by atoms with Crippen LogP contribution in [0.4, 0.5) is 4.39 Å². The van der Waals surface area contributed by atoms with E-state index in [9.17, 15) is 9.18 Å². The van der Waals surface area contributed by atoms with Crippen LogP contribution in [0, 0.1) is 71.1 Å². The van der Waals surface area contributed by atoms with E-state index in [0.29, 0.717) is 12.0 Å². The number of ether oxygens (including phenoxy) is 1. The minimum absolute atomic E-state index is 0. The van der Waals surface area contributed by atoms with Crippen LogP contribution < -0.4 is 5.73 Å². The molecule has 0 spiro atoms. The standard InChI is InChI=1S/C10H18N2O2.C8H8.C6H5F.Yb/c11-9(13)7-14-8-10-1-4-12(5-2-10)6-3-10;1-2-8-6-4-3-5-7-8;7-6-4-2-1-3-5-6;/h1-8H2,(H2,11,13);3-6H,1-2H2;1-5H;/q;-2;;+2. The number of piperidine rings is 3. The molecule has 0 aromatic heterocycles. The van der Waals surface area contributed by atoms with Crippen molar-refractivity contribution in [3.8, 4) is 0 Å². The predicted octanol–water partition coefficient (Wildman–Crippen LogP) is 3.66. The number of primary amides is 1. The van der Waals surface area contributed by atoms with Crippen molar-refractivity contribution in [1.29, 1.82) is 0 Å². The average molecular weight is 572 g/mol. The van der Waals surface area contributed by atoms with E-state index in [4.69, 9.17) is 10.5 Å². The van der Waals surface area contributed by atoms with Gasteiger partial charge in [-0.1, -0.05) is 18.2 Å². The molecule has 3 aliphatic heterocycles. The molecule has 6 heteroatoms. The summed E-state index contributed by atoms with van der Waals surface area (Å²) in [6, 6.07) is 18.9. The Hall–Kier alpha value is -0.721. The first-order valence-corrected chi connectivity index (χ1v) is 10.1. The van der Waals surface area contributed by atoms with Crippen LogP contribution in [-0.4, -0.2) is 43.7 Å². The number of amides is 1. The molecule has 5 rings (SSSR count). The van der Waals surface area contributed by atoms with E-state index in [1.54, 1.807) is 18.2 Å². The Morgan fingerprint density at radius 2 is 1.70 bits per heavy atom. The summed E-state index contributed by atoms with van der Waals surface area (Å²) in [6.45, 7) is 8.09. The zero-order valence-electron chi connectivity index (χ0n) is 17.3. The molecule has 3 heterocycles. The Kier molecular flexibility index (Phi) is 13.8. The number of hydrogen-bond donors (Lipinski definition) is 1. The van der Waals surface area contributed by atoms with Crippen molar-refractivity contribution in [2.24, 2.45) is 11.1 Å². The number of halogens is 1. The molecule has 2 aromatic carbocycles. The molecule has 30 heavy (non-hydrogen) atoms. The van der Waals surface area contributed by atoms with Gasteiger partial charge in [0.2, 0.25) is 5.91 Å². The van der Waals surface area contributed by atoms with Gasteiger partial charge in [0, 0.05) is 0 Å². The van der Waals surface area contributed by atoms with Gasteiger partial charge < -0.3 is 22.3 Å². The topological polar surface area (TPSA) is 55.6 Å². The first-order chi connectivity index (χ1) is 14.0. The summed E-state index contributed by atoms with van der Waals surface area (Å²) in [5.74, 6) is -0.544. The van der Waals surface area contributed by atoms with E-state index in [-0.39, 0.29) is 65.3 Å². The predicted molar refractivity (Wildman–Crippen MR) is 113 cm³/mol. The number of hydrogen-bond acceptors (Lipinski definition) is 3. The van der Waals surface area contributed by atoms with Gasteiger partial charge in [0.05, 0.1) is 6.61 Å². The summed E-state index contributed by atoms with van der Waals surface area (Å²) < 4.78 is 17.3. The summed E-state index contributed by atoms with van der Waals surface area (Å²) in [6.07, 6.45) is 4.48. The maximum absolute atomic E-state index is 11.9. The number of nitrogens with zero attached hydrogens (tertiary/aromatic N) is 1. The number of carbonyl (C=O) groups is 1. The van der Waals surface area contributed by atoms with Gasteiger partial charge in [-0.15, -0.1) is 0 Å². The minimum atomic E-state index is -0.366. The van der Waals surface area contributed by atoms with Crippen LogP contribution in [0.5, 0.6) is 0 Å². The maximum atomic E-state index is 11.9. The minimum Gasteiger partial charge on any atom is -0.371 e. The Bertz CT molecular complexity index is 694. The first-order valence-electron chi connectivity index (χ1n) is 10.1. The number of fused-ring (bicyclic) bond motifs is 3. The van der Waals surface area contributed by atoms with Crippen molar-refractivity contribution >= 4 is 5.91 Å². The largest absolute Gasteiger partial charge is 2.00 e. The van der Waals surface area contributed by atoms with Gasteiger partial charge in [-0.3, -0.25) is 4.79 Å². The molecule has 0 atom stereocenters. The molecule has 3 aliphatic rings. The van der Waals surface area contributed by atoms with Gasteiger partial charge in [0.25, 0.3) is 0 Å². The van der Waals surface area contributed by atoms with Gasteiger partial charge in [-0.2, -0.15) is 42.3 Å². The van der Waals surface area contributed by atoms with Gasteiger partial charge in [-0.05, 0) is 56.4 Å². The van der Waals surface area contributed by atoms with Crippen molar-refractivity contribution in [1.82, 2.24) is 4.90 Å². The molecule has 4 nitrogen and oxygen atoms in total. The van der Waals surface area contributed by atoms with Crippen LogP contribution in [0.3, 0.4) is 0 Å². The summed E-state index contributed by atoms with van der Waals surface area (Å²) in [5.41, 5.74) is 6.56. The number of rotatable bonds is 5. The molecule has 3 saturated heterocycles. The summed E-state index contributed by atoms with van der Waals surface area (Å²) in [5, 5.41) is 0. The summed E-state index contributed by atoms with van der Waals surface area (Å²) in [4.78, 5) is 13.0. The molecule has 170 valence electrons. The Morgan fingerprint density at radius 1 is 1.10 bits per heavy atom. The third kappa shape index (κ3) is 10.5. The fourth-order valence-electron chi connectivity index (χ4n) is 3.48. The third-order valence-corrected chi connectivity index (χ3v) is 5.30. The SMILES string of the molecule is Fc1ccccc1.NC(=O)COCC12CCN(CC1)CC2.[CH2-]Cc1[c-]cccc1.[Yb+2]. The van der Waals surface area contributed by atoms with Crippen LogP contribution in [0.1, 0.15) is 24.8 Å². The maximum Gasteiger partial charge on any atom is 2.00 e. The van der Waals surface area contributed by atoms with Gasteiger partial charge in [0.1, 0.15) is 12.4 Å². The Balaban J connectivity index is 0.000000241. The molecule has 2 bridgehead atoms. The monoisotopic (exact) mass is 572 g/mol. The molecule has 0 saturated carbocycles. The quantitative estimate of drug-likeness (QED) is 0.558. The van der Waals surface area contributed by atoms with Crippen LogP contribution in [-0.2, 0) is 16.0 Å². The molecular formula is C24H31FN2O2Yb.